The lowest BCUT2D eigenvalue weighted by atomic mass is 10.1. The lowest BCUT2D eigenvalue weighted by molar-refractivity contribution is -0.395. The van der Waals surface area contributed by atoms with Gasteiger partial charge in [0.15, 0.2) is 11.4 Å². The summed E-state index contributed by atoms with van der Waals surface area (Å²) in [7, 11) is 0. The van der Waals surface area contributed by atoms with Gasteiger partial charge in [0, 0.05) is 17.7 Å². The molecule has 3 heterocycles. The van der Waals surface area contributed by atoms with Crippen LogP contribution in [0.25, 0.3) is 22.5 Å². The van der Waals surface area contributed by atoms with Gasteiger partial charge >= 0.3 is 0 Å². The minimum absolute atomic E-state index is 0.00252. The number of aryl methyl sites for hydroxylation is 1. The van der Waals surface area contributed by atoms with E-state index in [1.807, 2.05) is 0 Å². The standard InChI is InChI=1S/C21H16F2N6O6/c1-10-15(28(31)32)6-12(7-16(10)29(33)34)24-18(30)9-27-21-19(11(2)26-27)13(20(22)23)8-14(25-21)17-4-3-5-35-17/h3-8,20H,9H2,1-2H3,(H,24,30). The number of amides is 1. The SMILES string of the molecule is Cc1c([N+](=O)[O-])cc(NC(=O)Cn2nc(C)c3c(C(F)F)cc(-c4ccco4)nc32)cc1[N+](=O)[O-]. The number of hydrogen-bond donors (Lipinski definition) is 1. The highest BCUT2D eigenvalue weighted by atomic mass is 19.3. The van der Waals surface area contributed by atoms with Crippen molar-refractivity contribution in [3.63, 3.8) is 0 Å². The van der Waals surface area contributed by atoms with Gasteiger partial charge in [0.25, 0.3) is 17.8 Å². The van der Waals surface area contributed by atoms with Crippen molar-refractivity contribution in [2.45, 2.75) is 26.8 Å². The summed E-state index contributed by atoms with van der Waals surface area (Å²) in [5.41, 5.74) is -1.43. The first-order valence-corrected chi connectivity index (χ1v) is 10.00. The molecule has 0 fully saturated rings. The van der Waals surface area contributed by atoms with Gasteiger partial charge in [-0.05, 0) is 32.0 Å². The number of nitrogens with zero attached hydrogens (tertiary/aromatic N) is 5. The summed E-state index contributed by atoms with van der Waals surface area (Å²) >= 11 is 0. The predicted molar refractivity (Wildman–Crippen MR) is 118 cm³/mol. The first-order chi connectivity index (χ1) is 16.6. The van der Waals surface area contributed by atoms with E-state index in [-0.39, 0.29) is 45.0 Å². The number of alkyl halides is 2. The Bertz CT molecular complexity index is 1450. The molecule has 35 heavy (non-hydrogen) atoms. The summed E-state index contributed by atoms with van der Waals surface area (Å²) in [5, 5.41) is 29.1. The Kier molecular flexibility index (Phi) is 5.94. The van der Waals surface area contributed by atoms with E-state index in [2.05, 4.69) is 15.4 Å². The number of carbonyl (C=O) groups is 1. The summed E-state index contributed by atoms with van der Waals surface area (Å²) in [6, 6.07) is 6.29. The predicted octanol–water partition coefficient (Wildman–Crippen LogP) is 4.70. The third-order valence-corrected chi connectivity index (χ3v) is 5.24. The van der Waals surface area contributed by atoms with Crippen LogP contribution in [-0.4, -0.2) is 30.5 Å². The maximum absolute atomic E-state index is 13.8. The van der Waals surface area contributed by atoms with Crippen LogP contribution >= 0.6 is 0 Å². The maximum Gasteiger partial charge on any atom is 0.281 e. The lowest BCUT2D eigenvalue weighted by Gasteiger charge is -2.09. The molecule has 0 bridgehead atoms. The monoisotopic (exact) mass is 486 g/mol. The Morgan fingerprint density at radius 1 is 1.17 bits per heavy atom. The number of fused-ring (bicyclic) bond motifs is 1. The summed E-state index contributed by atoms with van der Waals surface area (Å²) in [6.07, 6.45) is -1.49. The molecule has 180 valence electrons. The third kappa shape index (κ3) is 4.40. The number of halogens is 2. The minimum atomic E-state index is -2.85. The van der Waals surface area contributed by atoms with E-state index in [9.17, 15) is 33.8 Å². The van der Waals surface area contributed by atoms with Crippen molar-refractivity contribution < 1.29 is 27.8 Å². The number of anilines is 1. The Hall–Kier alpha value is -4.75. The molecule has 3 aromatic heterocycles. The molecule has 0 aliphatic rings. The van der Waals surface area contributed by atoms with Crippen molar-refractivity contribution in [1.82, 2.24) is 14.8 Å². The van der Waals surface area contributed by atoms with Gasteiger partial charge in [-0.25, -0.2) is 18.4 Å². The number of nitro benzene ring substituents is 2. The summed E-state index contributed by atoms with van der Waals surface area (Å²) in [4.78, 5) is 38.0. The summed E-state index contributed by atoms with van der Waals surface area (Å²) in [6.45, 7) is 2.21. The Morgan fingerprint density at radius 2 is 1.83 bits per heavy atom. The number of rotatable bonds is 7. The normalized spacial score (nSPS) is 11.2. The van der Waals surface area contributed by atoms with Crippen LogP contribution < -0.4 is 5.32 Å². The summed E-state index contributed by atoms with van der Waals surface area (Å²) < 4.78 is 34.0. The Balaban J connectivity index is 1.72. The molecule has 0 aliphatic carbocycles. The van der Waals surface area contributed by atoms with Crippen molar-refractivity contribution in [2.75, 3.05) is 5.32 Å². The molecule has 0 atom stereocenters. The molecular weight excluding hydrogens is 470 g/mol. The molecule has 4 rings (SSSR count). The number of benzene rings is 1. The molecule has 12 nitrogen and oxygen atoms in total. The van der Waals surface area contributed by atoms with Gasteiger partial charge in [0.1, 0.15) is 17.8 Å². The highest BCUT2D eigenvalue weighted by Crippen LogP contribution is 2.34. The minimum Gasteiger partial charge on any atom is -0.463 e. The van der Waals surface area contributed by atoms with Gasteiger partial charge in [-0.3, -0.25) is 25.0 Å². The largest absolute Gasteiger partial charge is 0.463 e. The number of pyridine rings is 1. The molecule has 1 amide bonds. The van der Waals surface area contributed by atoms with Crippen LogP contribution in [0.1, 0.15) is 23.2 Å². The Morgan fingerprint density at radius 3 is 2.37 bits per heavy atom. The van der Waals surface area contributed by atoms with Crippen molar-refractivity contribution >= 4 is 34.0 Å². The van der Waals surface area contributed by atoms with Gasteiger partial charge in [-0.2, -0.15) is 5.10 Å². The van der Waals surface area contributed by atoms with Crippen LogP contribution in [0.15, 0.2) is 41.0 Å². The van der Waals surface area contributed by atoms with Crippen molar-refractivity contribution in [3.8, 4) is 11.5 Å². The highest BCUT2D eigenvalue weighted by molar-refractivity contribution is 5.93. The lowest BCUT2D eigenvalue weighted by Crippen LogP contribution is -2.20. The van der Waals surface area contributed by atoms with Gasteiger partial charge in [-0.15, -0.1) is 0 Å². The second-order valence-corrected chi connectivity index (χ2v) is 7.52. The van der Waals surface area contributed by atoms with E-state index in [4.69, 9.17) is 4.42 Å². The Labute approximate surface area is 194 Å². The molecule has 0 spiro atoms. The van der Waals surface area contributed by atoms with E-state index in [1.54, 1.807) is 12.1 Å². The van der Waals surface area contributed by atoms with Crippen molar-refractivity contribution in [2.24, 2.45) is 0 Å². The van der Waals surface area contributed by atoms with E-state index in [0.29, 0.717) is 0 Å². The van der Waals surface area contributed by atoms with Gasteiger partial charge in [0.2, 0.25) is 5.91 Å². The molecule has 0 radical (unpaired) electrons. The fourth-order valence-electron chi connectivity index (χ4n) is 3.69. The maximum atomic E-state index is 13.8. The van der Waals surface area contributed by atoms with Gasteiger partial charge < -0.3 is 9.73 Å². The molecule has 0 unspecified atom stereocenters. The zero-order valence-corrected chi connectivity index (χ0v) is 18.2. The highest BCUT2D eigenvalue weighted by Gasteiger charge is 2.25. The summed E-state index contributed by atoms with van der Waals surface area (Å²) in [5.74, 6) is -0.520. The average molecular weight is 486 g/mol. The van der Waals surface area contributed by atoms with Gasteiger partial charge in [-0.1, -0.05) is 0 Å². The molecule has 14 heteroatoms. The topological polar surface area (TPSA) is 159 Å². The molecule has 1 aromatic carbocycles. The van der Waals surface area contributed by atoms with E-state index in [0.717, 1.165) is 16.8 Å². The zero-order chi connectivity index (χ0) is 25.4. The van der Waals surface area contributed by atoms with Gasteiger partial charge in [0.05, 0.1) is 32.9 Å². The number of hydrogen-bond acceptors (Lipinski definition) is 8. The van der Waals surface area contributed by atoms with Crippen LogP contribution in [0.3, 0.4) is 0 Å². The van der Waals surface area contributed by atoms with E-state index in [1.165, 1.54) is 26.2 Å². The molecule has 0 saturated carbocycles. The first kappa shape index (κ1) is 23.4. The van der Waals surface area contributed by atoms with Crippen LogP contribution in [0, 0.1) is 34.1 Å². The smallest absolute Gasteiger partial charge is 0.281 e. The molecular formula is C21H16F2N6O6. The van der Waals surface area contributed by atoms with Crippen LogP contribution in [0.4, 0.5) is 25.8 Å². The van der Waals surface area contributed by atoms with Crippen molar-refractivity contribution in [3.05, 3.63) is 73.6 Å². The van der Waals surface area contributed by atoms with Crippen LogP contribution in [0.2, 0.25) is 0 Å². The number of carbonyl (C=O) groups excluding carboxylic acids is 1. The zero-order valence-electron chi connectivity index (χ0n) is 18.2. The molecule has 4 aromatic rings. The fraction of sp³-hybridized carbons (Fsp3) is 0.190. The second kappa shape index (κ2) is 8.89. The first-order valence-electron chi connectivity index (χ1n) is 10.00. The molecule has 0 aliphatic heterocycles. The van der Waals surface area contributed by atoms with Crippen LogP contribution in [-0.2, 0) is 11.3 Å². The quantitative estimate of drug-likeness (QED) is 0.291. The van der Waals surface area contributed by atoms with E-state index < -0.39 is 40.1 Å². The number of aromatic nitrogens is 3. The number of nitrogens with one attached hydrogen (secondary N) is 1. The number of nitro groups is 2. The van der Waals surface area contributed by atoms with Crippen molar-refractivity contribution in [1.29, 1.82) is 0 Å². The van der Waals surface area contributed by atoms with E-state index >= 15 is 0 Å². The third-order valence-electron chi connectivity index (χ3n) is 5.24. The number of furan rings is 1. The molecule has 1 N–H and O–H groups in total. The van der Waals surface area contributed by atoms with Crippen LogP contribution in [0.5, 0.6) is 0 Å². The average Bonchev–Trinajstić information content (AvgIpc) is 3.42. The molecule has 0 saturated heterocycles. The fourth-order valence-corrected chi connectivity index (χ4v) is 3.69. The second-order valence-electron chi connectivity index (χ2n) is 7.52.